The molecule has 1 aromatic heterocycles. The van der Waals surface area contributed by atoms with Crippen molar-refractivity contribution in [2.75, 3.05) is 54.9 Å². The van der Waals surface area contributed by atoms with Gasteiger partial charge in [0.1, 0.15) is 11.6 Å². The third kappa shape index (κ3) is 6.81. The molecule has 2 aliphatic heterocycles. The Balaban J connectivity index is 1.55. The Hall–Kier alpha value is -3.01. The second-order valence-electron chi connectivity index (χ2n) is 9.88. The number of hydrogen-bond acceptors (Lipinski definition) is 5. The third-order valence-corrected chi connectivity index (χ3v) is 6.48. The first-order valence-corrected chi connectivity index (χ1v) is 12.4. The number of nitrogens with zero attached hydrogens (tertiary/aromatic N) is 3. The average Bonchev–Trinajstić information content (AvgIpc) is 3.27. The molecule has 196 valence electrons. The quantitative estimate of drug-likeness (QED) is 0.541. The van der Waals surface area contributed by atoms with Gasteiger partial charge in [-0.15, -0.1) is 0 Å². The van der Waals surface area contributed by atoms with Gasteiger partial charge in [-0.2, -0.15) is 13.2 Å². The molecule has 0 aliphatic carbocycles. The van der Waals surface area contributed by atoms with E-state index in [2.05, 4.69) is 29.4 Å². The van der Waals surface area contributed by atoms with Crippen LogP contribution in [0.4, 0.5) is 35.3 Å². The highest BCUT2D eigenvalue weighted by molar-refractivity contribution is 5.91. The van der Waals surface area contributed by atoms with Crippen molar-refractivity contribution in [1.82, 2.24) is 9.88 Å². The molecule has 2 N–H and O–H groups in total. The fraction of sp³-hybridized carbons (Fsp3) is 0.538. The van der Waals surface area contributed by atoms with Gasteiger partial charge in [0.15, 0.2) is 0 Å². The van der Waals surface area contributed by atoms with Crippen LogP contribution >= 0.6 is 0 Å². The number of hydrogen-bond donors (Lipinski definition) is 2. The Morgan fingerprint density at radius 2 is 1.92 bits per heavy atom. The van der Waals surface area contributed by atoms with Crippen LogP contribution < -0.4 is 15.5 Å². The predicted molar refractivity (Wildman–Crippen MR) is 136 cm³/mol. The van der Waals surface area contributed by atoms with Gasteiger partial charge in [0.05, 0.1) is 13.2 Å². The lowest BCUT2D eigenvalue weighted by atomic mass is 10.00. The number of pyridine rings is 1. The zero-order chi connectivity index (χ0) is 25.9. The second-order valence-corrected chi connectivity index (χ2v) is 9.88. The van der Waals surface area contributed by atoms with Crippen molar-refractivity contribution in [3.63, 3.8) is 0 Å². The zero-order valence-electron chi connectivity index (χ0n) is 21.0. The van der Waals surface area contributed by atoms with Crippen molar-refractivity contribution < 1.29 is 22.7 Å². The number of rotatable bonds is 6. The van der Waals surface area contributed by atoms with Crippen LogP contribution in [-0.4, -0.2) is 67.5 Å². The van der Waals surface area contributed by atoms with Gasteiger partial charge in [-0.25, -0.2) is 9.78 Å². The first-order valence-electron chi connectivity index (χ1n) is 12.4. The normalized spacial score (nSPS) is 18.6. The number of carbonyl (C=O) groups is 1. The third-order valence-electron chi connectivity index (χ3n) is 6.48. The van der Waals surface area contributed by atoms with E-state index >= 15 is 0 Å². The summed E-state index contributed by atoms with van der Waals surface area (Å²) in [6, 6.07) is 9.54. The second kappa shape index (κ2) is 10.9. The van der Waals surface area contributed by atoms with Crippen LogP contribution in [0.5, 0.6) is 0 Å². The summed E-state index contributed by atoms with van der Waals surface area (Å²) in [4.78, 5) is 21.3. The van der Waals surface area contributed by atoms with E-state index in [0.717, 1.165) is 41.4 Å². The molecule has 0 spiro atoms. The Labute approximate surface area is 210 Å². The van der Waals surface area contributed by atoms with Crippen molar-refractivity contribution in [3.8, 4) is 11.1 Å². The van der Waals surface area contributed by atoms with Crippen LogP contribution in [0, 0.1) is 12.8 Å². The minimum Gasteiger partial charge on any atom is -0.378 e. The minimum atomic E-state index is -4.21. The summed E-state index contributed by atoms with van der Waals surface area (Å²) in [6.45, 7) is 9.39. The van der Waals surface area contributed by atoms with Gasteiger partial charge in [0, 0.05) is 44.3 Å². The number of likely N-dealkylation sites (tertiary alicyclic amines) is 1. The van der Waals surface area contributed by atoms with E-state index in [9.17, 15) is 18.0 Å². The summed E-state index contributed by atoms with van der Waals surface area (Å²) in [6.07, 6.45) is -4.71. The molecule has 0 bridgehead atoms. The molecule has 2 fully saturated rings. The zero-order valence-corrected chi connectivity index (χ0v) is 21.0. The van der Waals surface area contributed by atoms with Gasteiger partial charge >= 0.3 is 12.2 Å². The Morgan fingerprint density at radius 3 is 2.61 bits per heavy atom. The van der Waals surface area contributed by atoms with E-state index in [0.29, 0.717) is 31.9 Å². The Bertz CT molecular complexity index is 1070. The van der Waals surface area contributed by atoms with Gasteiger partial charge in [-0.3, -0.25) is 0 Å². The van der Waals surface area contributed by atoms with Crippen LogP contribution in [0.3, 0.4) is 0 Å². The molecule has 2 saturated heterocycles. The number of nitrogens with one attached hydrogen (secondary N) is 2. The number of benzene rings is 1. The summed E-state index contributed by atoms with van der Waals surface area (Å²) in [7, 11) is 0. The number of anilines is 3. The van der Waals surface area contributed by atoms with Crippen LogP contribution in [0.25, 0.3) is 11.1 Å². The summed E-state index contributed by atoms with van der Waals surface area (Å²) < 4.78 is 43.7. The Morgan fingerprint density at radius 1 is 1.17 bits per heavy atom. The predicted octanol–water partition coefficient (Wildman–Crippen LogP) is 5.52. The lowest BCUT2D eigenvalue weighted by Crippen LogP contribution is -2.36. The van der Waals surface area contributed by atoms with Gasteiger partial charge < -0.3 is 25.2 Å². The summed E-state index contributed by atoms with van der Waals surface area (Å²) in [5.41, 5.74) is 3.56. The molecule has 0 radical (unpaired) electrons. The topological polar surface area (TPSA) is 69.7 Å². The summed E-state index contributed by atoms with van der Waals surface area (Å²) in [5, 5.41) is 6.27. The van der Waals surface area contributed by atoms with Crippen molar-refractivity contribution >= 4 is 23.4 Å². The van der Waals surface area contributed by atoms with Gasteiger partial charge in [0.2, 0.25) is 0 Å². The van der Waals surface area contributed by atoms with E-state index in [1.165, 1.54) is 4.90 Å². The molecule has 1 atom stereocenters. The van der Waals surface area contributed by atoms with Crippen LogP contribution in [-0.2, 0) is 4.74 Å². The molecule has 36 heavy (non-hydrogen) atoms. The van der Waals surface area contributed by atoms with Crippen molar-refractivity contribution in [2.45, 2.75) is 45.8 Å². The molecule has 1 unspecified atom stereocenters. The number of morpholine rings is 1. The lowest BCUT2D eigenvalue weighted by molar-refractivity contribution is -0.143. The number of halogens is 3. The minimum absolute atomic E-state index is 0.113. The number of alkyl halides is 3. The van der Waals surface area contributed by atoms with Crippen LogP contribution in [0.15, 0.2) is 30.3 Å². The smallest absolute Gasteiger partial charge is 0.378 e. The molecular weight excluding hydrogens is 471 g/mol. The summed E-state index contributed by atoms with van der Waals surface area (Å²) >= 11 is 0. The number of urea groups is 1. The van der Waals surface area contributed by atoms with E-state index in [1.54, 1.807) is 0 Å². The van der Waals surface area contributed by atoms with Crippen LogP contribution in [0.1, 0.15) is 32.3 Å². The monoisotopic (exact) mass is 505 g/mol. The number of aryl methyl sites for hydroxylation is 1. The standard InChI is InChI=1S/C26H34F3N5O2/c1-17(2)30-23-12-20(13-24(32-23)33-8-10-36-11-9-33)22-14-21(5-4-18(22)3)31-25(35)34-7-6-19(16-34)15-26(27,28)29/h4-5,12-14,17,19H,6-11,15-16H2,1-3H3,(H,30,32)(H,31,35). The van der Waals surface area contributed by atoms with Crippen molar-refractivity contribution in [1.29, 1.82) is 0 Å². The van der Waals surface area contributed by atoms with Gasteiger partial charge in [0.25, 0.3) is 0 Å². The lowest BCUT2D eigenvalue weighted by Gasteiger charge is -2.29. The highest BCUT2D eigenvalue weighted by Gasteiger charge is 2.36. The first kappa shape index (κ1) is 26.1. The van der Waals surface area contributed by atoms with E-state index < -0.39 is 18.5 Å². The number of amides is 2. The summed E-state index contributed by atoms with van der Waals surface area (Å²) in [5.74, 6) is 1.08. The number of carbonyl (C=O) groups excluding carboxylic acids is 1. The van der Waals surface area contributed by atoms with Crippen molar-refractivity contribution in [3.05, 3.63) is 35.9 Å². The van der Waals surface area contributed by atoms with E-state index in [4.69, 9.17) is 9.72 Å². The molecule has 10 heteroatoms. The number of ether oxygens (including phenoxy) is 1. The average molecular weight is 506 g/mol. The molecule has 7 nitrogen and oxygen atoms in total. The van der Waals surface area contributed by atoms with Crippen LogP contribution in [0.2, 0.25) is 0 Å². The van der Waals surface area contributed by atoms with E-state index in [-0.39, 0.29) is 18.6 Å². The van der Waals surface area contributed by atoms with Gasteiger partial charge in [-0.1, -0.05) is 6.07 Å². The molecule has 1 aromatic carbocycles. The van der Waals surface area contributed by atoms with Crippen molar-refractivity contribution in [2.24, 2.45) is 5.92 Å². The number of aromatic nitrogens is 1. The Kier molecular flexibility index (Phi) is 7.92. The molecule has 2 amide bonds. The fourth-order valence-electron chi connectivity index (χ4n) is 4.72. The molecule has 4 rings (SSSR count). The fourth-order valence-corrected chi connectivity index (χ4v) is 4.72. The largest absolute Gasteiger partial charge is 0.389 e. The van der Waals surface area contributed by atoms with E-state index in [1.807, 2.05) is 37.3 Å². The van der Waals surface area contributed by atoms with Gasteiger partial charge in [-0.05, 0) is 74.1 Å². The SMILES string of the molecule is Cc1ccc(NC(=O)N2CCC(CC(F)(F)F)C2)cc1-c1cc(NC(C)C)nc(N2CCOCC2)c1. The molecule has 0 saturated carbocycles. The molecule has 2 aliphatic rings. The maximum Gasteiger partial charge on any atom is 0.389 e. The molecular formula is C26H34F3N5O2. The first-order chi connectivity index (χ1) is 17.1. The molecule has 3 heterocycles. The molecule has 2 aromatic rings. The highest BCUT2D eigenvalue weighted by Crippen LogP contribution is 2.33. The maximum atomic E-state index is 12.8. The highest BCUT2D eigenvalue weighted by atomic mass is 19.4. The maximum absolute atomic E-state index is 12.8.